The standard InChI is InChI=1S/C19H31N3O4/c1-19(2,3)26-18(23)22-10-8-21(9-11-22)16(13-20)15-7-6-14(24-4)12-17(15)25-5/h6-7,12,16H,8-11,13,20H2,1-5H3. The second-order valence-electron chi connectivity index (χ2n) is 7.36. The molecule has 7 heteroatoms. The Morgan fingerprint density at radius 3 is 2.31 bits per heavy atom. The van der Waals surface area contributed by atoms with Gasteiger partial charge >= 0.3 is 6.09 Å². The molecule has 1 amide bonds. The monoisotopic (exact) mass is 365 g/mol. The molecule has 0 bridgehead atoms. The van der Waals surface area contributed by atoms with Crippen LogP contribution >= 0.6 is 0 Å². The van der Waals surface area contributed by atoms with Crippen molar-refractivity contribution in [2.24, 2.45) is 5.73 Å². The molecule has 1 unspecified atom stereocenters. The van der Waals surface area contributed by atoms with Crippen LogP contribution in [0.3, 0.4) is 0 Å². The Morgan fingerprint density at radius 1 is 1.15 bits per heavy atom. The van der Waals surface area contributed by atoms with Crippen molar-refractivity contribution in [1.29, 1.82) is 0 Å². The number of carbonyl (C=O) groups is 1. The lowest BCUT2D eigenvalue weighted by molar-refractivity contribution is 0.0105. The summed E-state index contributed by atoms with van der Waals surface area (Å²) in [5, 5.41) is 0. The topological polar surface area (TPSA) is 77.3 Å². The van der Waals surface area contributed by atoms with Crippen molar-refractivity contribution in [2.75, 3.05) is 46.9 Å². The van der Waals surface area contributed by atoms with Gasteiger partial charge in [-0.2, -0.15) is 0 Å². The maximum absolute atomic E-state index is 12.2. The van der Waals surface area contributed by atoms with E-state index in [0.29, 0.717) is 19.6 Å². The summed E-state index contributed by atoms with van der Waals surface area (Å²) in [5.41, 5.74) is 6.62. The molecule has 1 aromatic carbocycles. The average molecular weight is 365 g/mol. The van der Waals surface area contributed by atoms with E-state index in [2.05, 4.69) is 4.90 Å². The van der Waals surface area contributed by atoms with Crippen LogP contribution in [-0.2, 0) is 4.74 Å². The Bertz CT molecular complexity index is 607. The molecule has 1 fully saturated rings. The maximum atomic E-state index is 12.2. The number of amides is 1. The second-order valence-corrected chi connectivity index (χ2v) is 7.36. The highest BCUT2D eigenvalue weighted by molar-refractivity contribution is 5.68. The number of hydrogen-bond acceptors (Lipinski definition) is 6. The van der Waals surface area contributed by atoms with E-state index in [1.807, 2.05) is 39.0 Å². The molecule has 0 spiro atoms. The van der Waals surface area contributed by atoms with Crippen molar-refractivity contribution < 1.29 is 19.0 Å². The van der Waals surface area contributed by atoms with Gasteiger partial charge in [-0.05, 0) is 26.8 Å². The normalized spacial score (nSPS) is 16.9. The van der Waals surface area contributed by atoms with Crippen molar-refractivity contribution in [1.82, 2.24) is 9.80 Å². The summed E-state index contributed by atoms with van der Waals surface area (Å²) in [6.07, 6.45) is -0.261. The largest absolute Gasteiger partial charge is 0.497 e. The smallest absolute Gasteiger partial charge is 0.410 e. The molecule has 2 rings (SSSR count). The minimum absolute atomic E-state index is 0.0247. The summed E-state index contributed by atoms with van der Waals surface area (Å²) >= 11 is 0. The summed E-state index contributed by atoms with van der Waals surface area (Å²) in [5.74, 6) is 1.51. The van der Waals surface area contributed by atoms with Gasteiger partial charge in [-0.1, -0.05) is 6.07 Å². The molecule has 1 aliphatic rings. The quantitative estimate of drug-likeness (QED) is 0.862. The molecule has 26 heavy (non-hydrogen) atoms. The van der Waals surface area contributed by atoms with E-state index in [1.54, 1.807) is 19.1 Å². The zero-order valence-electron chi connectivity index (χ0n) is 16.4. The fraction of sp³-hybridized carbons (Fsp3) is 0.632. The highest BCUT2D eigenvalue weighted by Crippen LogP contribution is 2.32. The van der Waals surface area contributed by atoms with Crippen molar-refractivity contribution in [3.05, 3.63) is 23.8 Å². The Hall–Kier alpha value is -1.99. The van der Waals surface area contributed by atoms with Gasteiger partial charge in [0.05, 0.1) is 20.3 Å². The number of nitrogens with two attached hydrogens (primary N) is 1. The van der Waals surface area contributed by atoms with Crippen molar-refractivity contribution in [3.8, 4) is 11.5 Å². The first-order chi connectivity index (χ1) is 12.3. The third kappa shape index (κ3) is 5.02. The minimum atomic E-state index is -0.482. The van der Waals surface area contributed by atoms with E-state index in [0.717, 1.165) is 30.2 Å². The molecule has 1 aliphatic heterocycles. The van der Waals surface area contributed by atoms with Crippen LogP contribution in [0.4, 0.5) is 4.79 Å². The van der Waals surface area contributed by atoms with Gasteiger partial charge in [0.25, 0.3) is 0 Å². The van der Waals surface area contributed by atoms with E-state index in [4.69, 9.17) is 19.9 Å². The van der Waals surface area contributed by atoms with E-state index < -0.39 is 5.60 Å². The van der Waals surface area contributed by atoms with E-state index >= 15 is 0 Å². The van der Waals surface area contributed by atoms with Crippen molar-refractivity contribution in [3.63, 3.8) is 0 Å². The van der Waals surface area contributed by atoms with Crippen molar-refractivity contribution >= 4 is 6.09 Å². The van der Waals surface area contributed by atoms with Gasteiger partial charge in [0, 0.05) is 44.4 Å². The van der Waals surface area contributed by atoms with Gasteiger partial charge in [-0.25, -0.2) is 4.79 Å². The highest BCUT2D eigenvalue weighted by Gasteiger charge is 2.30. The van der Waals surface area contributed by atoms with Crippen LogP contribution in [0.25, 0.3) is 0 Å². The van der Waals surface area contributed by atoms with Crippen LogP contribution in [-0.4, -0.2) is 68.4 Å². The van der Waals surface area contributed by atoms with Gasteiger partial charge in [0.15, 0.2) is 0 Å². The lowest BCUT2D eigenvalue weighted by Gasteiger charge is -2.39. The molecule has 0 radical (unpaired) electrons. The van der Waals surface area contributed by atoms with Crippen LogP contribution in [0, 0.1) is 0 Å². The molecule has 0 aromatic heterocycles. The number of carbonyl (C=O) groups excluding carboxylic acids is 1. The van der Waals surface area contributed by atoms with Gasteiger partial charge in [-0.15, -0.1) is 0 Å². The molecule has 0 saturated carbocycles. The Labute approximate surface area is 156 Å². The molecule has 2 N–H and O–H groups in total. The molecule has 0 aliphatic carbocycles. The second kappa shape index (κ2) is 8.60. The summed E-state index contributed by atoms with van der Waals surface area (Å²) in [7, 11) is 3.27. The average Bonchev–Trinajstić information content (AvgIpc) is 2.61. The molecule has 1 atom stereocenters. The lowest BCUT2D eigenvalue weighted by Crippen LogP contribution is -2.51. The minimum Gasteiger partial charge on any atom is -0.497 e. The summed E-state index contributed by atoms with van der Waals surface area (Å²) < 4.78 is 16.3. The molecule has 7 nitrogen and oxygen atoms in total. The Balaban J connectivity index is 2.06. The highest BCUT2D eigenvalue weighted by atomic mass is 16.6. The lowest BCUT2D eigenvalue weighted by atomic mass is 10.0. The van der Waals surface area contributed by atoms with Gasteiger partial charge in [-0.3, -0.25) is 4.90 Å². The fourth-order valence-electron chi connectivity index (χ4n) is 3.11. The zero-order valence-corrected chi connectivity index (χ0v) is 16.4. The summed E-state index contributed by atoms with van der Waals surface area (Å²) in [6.45, 7) is 8.79. The van der Waals surface area contributed by atoms with E-state index in [-0.39, 0.29) is 12.1 Å². The van der Waals surface area contributed by atoms with Crippen LogP contribution < -0.4 is 15.2 Å². The van der Waals surface area contributed by atoms with Crippen LogP contribution in [0.1, 0.15) is 32.4 Å². The first kappa shape index (κ1) is 20.3. The van der Waals surface area contributed by atoms with Gasteiger partial charge < -0.3 is 24.8 Å². The van der Waals surface area contributed by atoms with E-state index in [1.165, 1.54) is 0 Å². The molecular formula is C19H31N3O4. The number of rotatable bonds is 5. The van der Waals surface area contributed by atoms with Crippen LogP contribution in [0.2, 0.25) is 0 Å². The number of ether oxygens (including phenoxy) is 3. The molecule has 1 heterocycles. The van der Waals surface area contributed by atoms with Gasteiger partial charge in [0.1, 0.15) is 17.1 Å². The fourth-order valence-corrected chi connectivity index (χ4v) is 3.11. The third-order valence-corrected chi connectivity index (χ3v) is 4.43. The molecule has 146 valence electrons. The number of methoxy groups -OCH3 is 2. The predicted octanol–water partition coefficient (Wildman–Crippen LogP) is 2.26. The Kier molecular flexibility index (Phi) is 6.72. The SMILES string of the molecule is COc1ccc(C(CN)N2CCN(C(=O)OC(C)(C)C)CC2)c(OC)c1. The van der Waals surface area contributed by atoms with E-state index in [9.17, 15) is 4.79 Å². The molecule has 1 saturated heterocycles. The van der Waals surface area contributed by atoms with Crippen LogP contribution in [0.5, 0.6) is 11.5 Å². The molecular weight excluding hydrogens is 334 g/mol. The zero-order chi connectivity index (χ0) is 19.3. The summed E-state index contributed by atoms with van der Waals surface area (Å²) in [6, 6.07) is 5.80. The van der Waals surface area contributed by atoms with Gasteiger partial charge in [0.2, 0.25) is 0 Å². The number of piperazine rings is 1. The molecule has 1 aromatic rings. The summed E-state index contributed by atoms with van der Waals surface area (Å²) in [4.78, 5) is 16.3. The first-order valence-electron chi connectivity index (χ1n) is 8.93. The number of nitrogens with zero attached hydrogens (tertiary/aromatic N) is 2. The Morgan fingerprint density at radius 2 is 1.81 bits per heavy atom. The predicted molar refractivity (Wildman–Crippen MR) is 101 cm³/mol. The maximum Gasteiger partial charge on any atom is 0.410 e. The third-order valence-electron chi connectivity index (χ3n) is 4.43. The van der Waals surface area contributed by atoms with Crippen LogP contribution in [0.15, 0.2) is 18.2 Å². The number of hydrogen-bond donors (Lipinski definition) is 1. The number of benzene rings is 1. The first-order valence-corrected chi connectivity index (χ1v) is 8.93. The van der Waals surface area contributed by atoms with Crippen molar-refractivity contribution in [2.45, 2.75) is 32.4 Å².